The van der Waals surface area contributed by atoms with Crippen LogP contribution < -0.4 is 5.32 Å². The summed E-state index contributed by atoms with van der Waals surface area (Å²) in [6.07, 6.45) is 2.56. The van der Waals surface area contributed by atoms with Gasteiger partial charge in [0.05, 0.1) is 6.07 Å². The van der Waals surface area contributed by atoms with Gasteiger partial charge in [-0.3, -0.25) is 5.32 Å². The molecule has 0 fully saturated rings. The average Bonchev–Trinajstić information content (AvgIpc) is 2.06. The van der Waals surface area contributed by atoms with Gasteiger partial charge in [-0.2, -0.15) is 5.26 Å². The normalized spacial score (nSPS) is 15.2. The van der Waals surface area contributed by atoms with Crippen LogP contribution in [0.4, 0.5) is 0 Å². The minimum absolute atomic E-state index is 0.181. The number of nitrogens with one attached hydrogen (secondary N) is 1. The number of nitriles is 1. The summed E-state index contributed by atoms with van der Waals surface area (Å²) in [5, 5.41) is 20.5. The second-order valence-corrected chi connectivity index (χ2v) is 3.20. The summed E-state index contributed by atoms with van der Waals surface area (Å²) in [6, 6.07) is 2.25. The molecule has 3 nitrogen and oxygen atoms in total. The topological polar surface area (TPSA) is 56.0 Å². The fraction of sp³-hybridized carbons (Fsp3) is 0.889. The van der Waals surface area contributed by atoms with E-state index in [1.807, 2.05) is 6.92 Å². The van der Waals surface area contributed by atoms with E-state index >= 15 is 0 Å². The maximum Gasteiger partial charge on any atom is 0.103 e. The van der Waals surface area contributed by atoms with Crippen molar-refractivity contribution < 1.29 is 5.11 Å². The van der Waals surface area contributed by atoms with Gasteiger partial charge in [0.25, 0.3) is 0 Å². The highest BCUT2D eigenvalue weighted by molar-refractivity contribution is 5.03. The number of rotatable bonds is 6. The summed E-state index contributed by atoms with van der Waals surface area (Å²) in [5.41, 5.74) is -0.413. The Hall–Kier alpha value is -0.590. The standard InChI is InChI=1S/C9H18N2O/c1-3-5-9(2,8-10)11-6-4-7-12/h11-12H,3-7H2,1-2H3. The second-order valence-electron chi connectivity index (χ2n) is 3.20. The van der Waals surface area contributed by atoms with Gasteiger partial charge in [-0.1, -0.05) is 13.3 Å². The molecule has 70 valence electrons. The first-order chi connectivity index (χ1) is 5.68. The highest BCUT2D eigenvalue weighted by Gasteiger charge is 2.20. The average molecular weight is 170 g/mol. The highest BCUT2D eigenvalue weighted by atomic mass is 16.3. The van der Waals surface area contributed by atoms with E-state index in [1.54, 1.807) is 0 Å². The highest BCUT2D eigenvalue weighted by Crippen LogP contribution is 2.10. The quantitative estimate of drug-likeness (QED) is 0.586. The van der Waals surface area contributed by atoms with Crippen LogP contribution in [0.25, 0.3) is 0 Å². The third kappa shape index (κ3) is 4.32. The molecule has 12 heavy (non-hydrogen) atoms. The van der Waals surface area contributed by atoms with E-state index in [1.165, 1.54) is 0 Å². The van der Waals surface area contributed by atoms with E-state index in [0.717, 1.165) is 12.8 Å². The fourth-order valence-corrected chi connectivity index (χ4v) is 1.13. The lowest BCUT2D eigenvalue weighted by Gasteiger charge is -2.22. The van der Waals surface area contributed by atoms with Crippen LogP contribution in [0.3, 0.4) is 0 Å². The molecule has 0 aromatic heterocycles. The zero-order valence-corrected chi connectivity index (χ0v) is 7.93. The number of hydrogen-bond acceptors (Lipinski definition) is 3. The van der Waals surface area contributed by atoms with Crippen LogP contribution in [0.5, 0.6) is 0 Å². The largest absolute Gasteiger partial charge is 0.396 e. The molecule has 0 aliphatic rings. The zero-order chi connectivity index (χ0) is 9.45. The van der Waals surface area contributed by atoms with Crippen molar-refractivity contribution in [2.45, 2.75) is 38.6 Å². The van der Waals surface area contributed by atoms with Crippen LogP contribution in [0.15, 0.2) is 0 Å². The summed E-state index contributed by atoms with van der Waals surface area (Å²) in [5.74, 6) is 0. The van der Waals surface area contributed by atoms with Crippen LogP contribution in [0, 0.1) is 11.3 Å². The molecule has 1 unspecified atom stereocenters. The van der Waals surface area contributed by atoms with Gasteiger partial charge in [0.15, 0.2) is 0 Å². The lowest BCUT2D eigenvalue weighted by molar-refractivity contribution is 0.278. The predicted molar refractivity (Wildman–Crippen MR) is 48.6 cm³/mol. The van der Waals surface area contributed by atoms with Gasteiger partial charge >= 0.3 is 0 Å². The first-order valence-corrected chi connectivity index (χ1v) is 4.45. The van der Waals surface area contributed by atoms with Gasteiger partial charge < -0.3 is 5.11 Å². The van der Waals surface area contributed by atoms with Gasteiger partial charge in [0.2, 0.25) is 0 Å². The fourth-order valence-electron chi connectivity index (χ4n) is 1.13. The van der Waals surface area contributed by atoms with Crippen molar-refractivity contribution in [1.82, 2.24) is 5.32 Å². The molecule has 0 rings (SSSR count). The van der Waals surface area contributed by atoms with E-state index in [2.05, 4.69) is 18.3 Å². The maximum absolute atomic E-state index is 8.84. The van der Waals surface area contributed by atoms with Crippen molar-refractivity contribution in [1.29, 1.82) is 5.26 Å². The molecule has 0 saturated carbocycles. The molecular weight excluding hydrogens is 152 g/mol. The van der Waals surface area contributed by atoms with Crippen LogP contribution >= 0.6 is 0 Å². The van der Waals surface area contributed by atoms with Crippen molar-refractivity contribution in [2.24, 2.45) is 0 Å². The SMILES string of the molecule is CCCC(C)(C#N)NCCCO. The van der Waals surface area contributed by atoms with Crippen LogP contribution in [0.2, 0.25) is 0 Å². The van der Waals surface area contributed by atoms with E-state index in [9.17, 15) is 0 Å². The maximum atomic E-state index is 8.84. The molecule has 0 bridgehead atoms. The molecule has 2 N–H and O–H groups in total. The van der Waals surface area contributed by atoms with Crippen molar-refractivity contribution in [3.05, 3.63) is 0 Å². The molecule has 0 radical (unpaired) electrons. The lowest BCUT2D eigenvalue weighted by Crippen LogP contribution is -2.41. The Balaban J connectivity index is 3.73. The molecule has 0 aliphatic carbocycles. The second kappa shape index (κ2) is 5.99. The summed E-state index contributed by atoms with van der Waals surface area (Å²) in [4.78, 5) is 0. The van der Waals surface area contributed by atoms with E-state index in [4.69, 9.17) is 10.4 Å². The molecule has 0 aromatic rings. The molecule has 3 heteroatoms. The molecular formula is C9H18N2O. The first kappa shape index (κ1) is 11.4. The van der Waals surface area contributed by atoms with Crippen molar-refractivity contribution >= 4 is 0 Å². The molecule has 0 heterocycles. The smallest absolute Gasteiger partial charge is 0.103 e. The Morgan fingerprint density at radius 2 is 2.25 bits per heavy atom. The van der Waals surface area contributed by atoms with Gasteiger partial charge in [-0.05, 0) is 26.3 Å². The Morgan fingerprint density at radius 1 is 1.58 bits per heavy atom. The number of aliphatic hydroxyl groups excluding tert-OH is 1. The van der Waals surface area contributed by atoms with Crippen LogP contribution in [-0.2, 0) is 0 Å². The van der Waals surface area contributed by atoms with Gasteiger partial charge in [-0.15, -0.1) is 0 Å². The summed E-state index contributed by atoms with van der Waals surface area (Å²) >= 11 is 0. The third-order valence-electron chi connectivity index (χ3n) is 1.85. The lowest BCUT2D eigenvalue weighted by atomic mass is 9.98. The molecule has 0 spiro atoms. The molecule has 0 saturated heterocycles. The molecule has 0 amide bonds. The Morgan fingerprint density at radius 3 is 2.67 bits per heavy atom. The van der Waals surface area contributed by atoms with Crippen LogP contribution in [0.1, 0.15) is 33.1 Å². The van der Waals surface area contributed by atoms with Crippen molar-refractivity contribution in [3.8, 4) is 6.07 Å². The third-order valence-corrected chi connectivity index (χ3v) is 1.85. The Labute approximate surface area is 74.4 Å². The number of aliphatic hydroxyl groups is 1. The number of hydrogen-bond donors (Lipinski definition) is 2. The Bertz CT molecular complexity index is 153. The Kier molecular flexibility index (Phi) is 5.69. The summed E-state index contributed by atoms with van der Waals surface area (Å²) < 4.78 is 0. The van der Waals surface area contributed by atoms with Gasteiger partial charge in [0, 0.05) is 6.61 Å². The van der Waals surface area contributed by atoms with Crippen molar-refractivity contribution in [3.63, 3.8) is 0 Å². The monoisotopic (exact) mass is 170 g/mol. The van der Waals surface area contributed by atoms with Crippen LogP contribution in [-0.4, -0.2) is 23.8 Å². The summed E-state index contributed by atoms with van der Waals surface area (Å²) in [7, 11) is 0. The molecule has 0 aromatic carbocycles. The molecule has 0 aliphatic heterocycles. The van der Waals surface area contributed by atoms with Gasteiger partial charge in [-0.25, -0.2) is 0 Å². The van der Waals surface area contributed by atoms with E-state index in [0.29, 0.717) is 13.0 Å². The summed E-state index contributed by atoms with van der Waals surface area (Å²) in [6.45, 7) is 4.85. The van der Waals surface area contributed by atoms with E-state index < -0.39 is 5.54 Å². The zero-order valence-electron chi connectivity index (χ0n) is 7.93. The minimum Gasteiger partial charge on any atom is -0.396 e. The van der Waals surface area contributed by atoms with E-state index in [-0.39, 0.29) is 6.61 Å². The molecule has 1 atom stereocenters. The van der Waals surface area contributed by atoms with Crippen molar-refractivity contribution in [2.75, 3.05) is 13.2 Å². The minimum atomic E-state index is -0.413. The predicted octanol–water partition coefficient (Wildman–Crippen LogP) is 1.04. The van der Waals surface area contributed by atoms with Gasteiger partial charge in [0.1, 0.15) is 5.54 Å². The number of nitrogens with zero attached hydrogens (tertiary/aromatic N) is 1. The first-order valence-electron chi connectivity index (χ1n) is 4.45.